The molecular formula is C47H46N6O5. The number of nitrogens with zero attached hydrogens (tertiary/aromatic N) is 4. The van der Waals surface area contributed by atoms with Crippen molar-refractivity contribution in [1.82, 2.24) is 25.5 Å². The fraction of sp³-hybridized carbons (Fsp3) is 0.277. The first-order chi connectivity index (χ1) is 28.4. The number of likely N-dealkylation sites (tertiary alicyclic amines) is 1. The molecule has 3 fully saturated rings. The Balaban J connectivity index is 0.876. The average molecular weight is 775 g/mol. The maximum atomic E-state index is 13.3. The Morgan fingerprint density at radius 3 is 2.33 bits per heavy atom. The van der Waals surface area contributed by atoms with Gasteiger partial charge in [0.1, 0.15) is 11.2 Å². The number of amides is 2. The Morgan fingerprint density at radius 1 is 0.810 bits per heavy atom. The number of piperidine rings is 1. The second-order valence-corrected chi connectivity index (χ2v) is 15.4. The molecule has 0 radical (unpaired) electrons. The van der Waals surface area contributed by atoms with Crippen molar-refractivity contribution < 1.29 is 24.2 Å². The van der Waals surface area contributed by atoms with Crippen molar-refractivity contribution in [3.63, 3.8) is 0 Å². The van der Waals surface area contributed by atoms with Crippen LogP contribution in [0.15, 0.2) is 134 Å². The number of para-hydroxylation sites is 3. The van der Waals surface area contributed by atoms with E-state index in [4.69, 9.17) is 9.47 Å². The van der Waals surface area contributed by atoms with Crippen LogP contribution in [0.4, 0.5) is 5.69 Å². The SMILES string of the molecule is O=C(NCc1cccc(-c2ccc(C3OC(CN4CCC5(CC4)C(=O)NCN5c4ccccc4)CC(c4ccc(CO)cc4)O3)cc2)c1)c1cnc2ccccc2n1. The summed E-state index contributed by atoms with van der Waals surface area (Å²) >= 11 is 0. The van der Waals surface area contributed by atoms with Crippen LogP contribution >= 0.6 is 0 Å². The molecule has 1 spiro atoms. The van der Waals surface area contributed by atoms with Gasteiger partial charge in [0.2, 0.25) is 5.91 Å². The molecule has 3 N–H and O–H groups in total. The van der Waals surface area contributed by atoms with Gasteiger partial charge in [-0.05, 0) is 71.0 Å². The lowest BCUT2D eigenvalue weighted by atomic mass is 9.85. The molecule has 0 saturated carbocycles. The van der Waals surface area contributed by atoms with Crippen LogP contribution in [-0.2, 0) is 27.4 Å². The number of anilines is 1. The Morgan fingerprint density at radius 2 is 1.55 bits per heavy atom. The molecule has 11 nitrogen and oxygen atoms in total. The van der Waals surface area contributed by atoms with E-state index in [9.17, 15) is 14.7 Å². The lowest BCUT2D eigenvalue weighted by Crippen LogP contribution is -2.57. The summed E-state index contributed by atoms with van der Waals surface area (Å²) < 4.78 is 13.4. The van der Waals surface area contributed by atoms with Crippen LogP contribution < -0.4 is 15.5 Å². The lowest BCUT2D eigenvalue weighted by molar-refractivity contribution is -0.253. The van der Waals surface area contributed by atoms with Gasteiger partial charge in [0.05, 0.1) is 42.7 Å². The molecule has 2 amide bonds. The highest BCUT2D eigenvalue weighted by Gasteiger charge is 2.50. The largest absolute Gasteiger partial charge is 0.392 e. The highest BCUT2D eigenvalue weighted by atomic mass is 16.7. The Hall–Kier alpha value is -5.98. The van der Waals surface area contributed by atoms with Crippen molar-refractivity contribution in [2.24, 2.45) is 0 Å². The van der Waals surface area contributed by atoms with Gasteiger partial charge in [0.15, 0.2) is 6.29 Å². The van der Waals surface area contributed by atoms with E-state index in [-0.39, 0.29) is 36.3 Å². The zero-order valence-electron chi connectivity index (χ0n) is 32.2. The Labute approximate surface area is 337 Å². The first-order valence-corrected chi connectivity index (χ1v) is 20.0. The van der Waals surface area contributed by atoms with Gasteiger partial charge in [-0.1, -0.05) is 97.1 Å². The molecule has 3 unspecified atom stereocenters. The minimum atomic E-state index is -0.583. The van der Waals surface area contributed by atoms with E-state index >= 15 is 0 Å². The molecule has 6 aromatic rings. The maximum Gasteiger partial charge on any atom is 0.271 e. The van der Waals surface area contributed by atoms with E-state index in [0.717, 1.165) is 77.1 Å². The third-order valence-corrected chi connectivity index (χ3v) is 11.7. The Bertz CT molecular complexity index is 2380. The van der Waals surface area contributed by atoms with Gasteiger partial charge in [-0.15, -0.1) is 0 Å². The number of nitrogens with one attached hydrogen (secondary N) is 2. The summed E-state index contributed by atoms with van der Waals surface area (Å²) in [5, 5.41) is 15.8. The molecule has 58 heavy (non-hydrogen) atoms. The number of carbonyl (C=O) groups excluding carboxylic acids is 2. The van der Waals surface area contributed by atoms with Crippen LogP contribution in [0.1, 0.15) is 64.4 Å². The van der Waals surface area contributed by atoms with Gasteiger partial charge >= 0.3 is 0 Å². The van der Waals surface area contributed by atoms with Gasteiger partial charge in [0, 0.05) is 43.9 Å². The minimum absolute atomic E-state index is 0.0131. The smallest absolute Gasteiger partial charge is 0.271 e. The second-order valence-electron chi connectivity index (χ2n) is 15.4. The van der Waals surface area contributed by atoms with Crippen molar-refractivity contribution in [3.8, 4) is 11.1 Å². The third-order valence-electron chi connectivity index (χ3n) is 11.7. The molecule has 3 saturated heterocycles. The number of aromatic nitrogens is 2. The minimum Gasteiger partial charge on any atom is -0.392 e. The molecule has 11 heteroatoms. The van der Waals surface area contributed by atoms with E-state index in [1.54, 1.807) is 0 Å². The third kappa shape index (κ3) is 7.81. The number of carbonyl (C=O) groups is 2. The molecular weight excluding hydrogens is 729 g/mol. The van der Waals surface area contributed by atoms with Crippen molar-refractivity contribution in [2.75, 3.05) is 31.2 Å². The lowest BCUT2D eigenvalue weighted by Gasteiger charge is -2.45. The first-order valence-electron chi connectivity index (χ1n) is 20.0. The summed E-state index contributed by atoms with van der Waals surface area (Å²) in [7, 11) is 0. The predicted molar refractivity (Wildman–Crippen MR) is 221 cm³/mol. The molecule has 3 aliphatic rings. The summed E-state index contributed by atoms with van der Waals surface area (Å²) in [6.07, 6.45) is 2.77. The molecule has 294 valence electrons. The van der Waals surface area contributed by atoms with Crippen LogP contribution in [0.3, 0.4) is 0 Å². The first kappa shape index (κ1) is 37.6. The molecule has 4 heterocycles. The second kappa shape index (κ2) is 16.5. The molecule has 1 aromatic heterocycles. The molecule has 0 aliphatic carbocycles. The van der Waals surface area contributed by atoms with E-state index in [2.05, 4.69) is 78.9 Å². The summed E-state index contributed by atoms with van der Waals surface area (Å²) in [4.78, 5) is 39.7. The van der Waals surface area contributed by atoms with Gasteiger partial charge in [-0.2, -0.15) is 0 Å². The number of aliphatic hydroxyl groups is 1. The highest BCUT2D eigenvalue weighted by molar-refractivity contribution is 5.94. The van der Waals surface area contributed by atoms with E-state index in [0.29, 0.717) is 25.2 Å². The number of rotatable bonds is 10. The van der Waals surface area contributed by atoms with Crippen molar-refractivity contribution >= 4 is 28.5 Å². The van der Waals surface area contributed by atoms with Gasteiger partial charge in [0.25, 0.3) is 5.91 Å². The van der Waals surface area contributed by atoms with E-state index in [1.165, 1.54) is 6.20 Å². The van der Waals surface area contributed by atoms with Crippen LogP contribution in [0.5, 0.6) is 0 Å². The molecule has 9 rings (SSSR count). The Kier molecular flexibility index (Phi) is 10.7. The summed E-state index contributed by atoms with van der Waals surface area (Å²) in [5.41, 5.74) is 8.07. The predicted octanol–water partition coefficient (Wildman–Crippen LogP) is 6.69. The fourth-order valence-electron chi connectivity index (χ4n) is 8.49. The number of ether oxygens (including phenoxy) is 2. The van der Waals surface area contributed by atoms with Crippen molar-refractivity contribution in [1.29, 1.82) is 0 Å². The van der Waals surface area contributed by atoms with Crippen molar-refractivity contribution in [3.05, 3.63) is 162 Å². The maximum absolute atomic E-state index is 13.3. The number of benzene rings is 5. The highest BCUT2D eigenvalue weighted by Crippen LogP contribution is 2.40. The topological polar surface area (TPSA) is 129 Å². The molecule has 3 atom stereocenters. The van der Waals surface area contributed by atoms with E-state index in [1.807, 2.05) is 78.9 Å². The standard InChI is InChI=1S/C47H46N6O5/c54-30-32-13-15-35(16-14-32)43-26-39(29-52-23-21-47(22-24-52)46(56)50-31-53(47)38-9-2-1-3-10-38)57-45(58-43)36-19-17-34(18-20-36)37-8-6-7-33(25-37)27-49-44(55)42-28-48-40-11-4-5-12-41(40)51-42/h1-20,25,28,39,43,45,54H,21-24,26-27,29-31H2,(H,49,55)(H,50,56). The molecule has 3 aliphatic heterocycles. The monoisotopic (exact) mass is 774 g/mol. The van der Waals surface area contributed by atoms with Crippen LogP contribution in [-0.4, -0.2) is 69.7 Å². The number of hydrogen-bond donors (Lipinski definition) is 3. The summed E-state index contributed by atoms with van der Waals surface area (Å²) in [6.45, 7) is 3.15. The van der Waals surface area contributed by atoms with Gasteiger partial charge in [-0.25, -0.2) is 4.98 Å². The van der Waals surface area contributed by atoms with Crippen LogP contribution in [0, 0.1) is 0 Å². The summed E-state index contributed by atoms with van der Waals surface area (Å²) in [5.74, 6) is -0.166. The molecule has 0 bridgehead atoms. The van der Waals surface area contributed by atoms with Crippen molar-refractivity contribution in [2.45, 2.75) is 56.5 Å². The average Bonchev–Trinajstić information content (AvgIpc) is 3.60. The number of aliphatic hydroxyl groups excluding tert-OH is 1. The quantitative estimate of drug-likeness (QED) is 0.139. The zero-order valence-corrected chi connectivity index (χ0v) is 32.2. The van der Waals surface area contributed by atoms with Gasteiger partial charge < -0.3 is 35.0 Å². The fourth-order valence-corrected chi connectivity index (χ4v) is 8.49. The summed E-state index contributed by atoms with van der Waals surface area (Å²) in [6, 6.07) is 42.0. The zero-order chi connectivity index (χ0) is 39.5. The van der Waals surface area contributed by atoms with E-state index < -0.39 is 11.8 Å². The normalized spacial score (nSPS) is 20.6. The number of fused-ring (bicyclic) bond motifs is 1. The number of hydrogen-bond acceptors (Lipinski definition) is 9. The van der Waals surface area contributed by atoms with Gasteiger partial charge in [-0.3, -0.25) is 14.6 Å². The van der Waals surface area contributed by atoms with Crippen LogP contribution in [0.2, 0.25) is 0 Å². The van der Waals surface area contributed by atoms with Crippen LogP contribution in [0.25, 0.3) is 22.2 Å². The molecule has 5 aromatic carbocycles.